The maximum absolute atomic E-state index is 9.19. The third kappa shape index (κ3) is 2.71. The van der Waals surface area contributed by atoms with Gasteiger partial charge in [0.2, 0.25) is 5.13 Å². The first kappa shape index (κ1) is 11.8. The van der Waals surface area contributed by atoms with Crippen molar-refractivity contribution in [2.75, 3.05) is 24.6 Å². The lowest BCUT2D eigenvalue weighted by Gasteiger charge is -2.31. The van der Waals surface area contributed by atoms with Gasteiger partial charge < -0.3 is 10.0 Å². The summed E-state index contributed by atoms with van der Waals surface area (Å²) in [5, 5.41) is 10.2. The number of aliphatic hydroxyl groups is 1. The van der Waals surface area contributed by atoms with Gasteiger partial charge >= 0.3 is 0 Å². The van der Waals surface area contributed by atoms with Crippen LogP contribution in [0.15, 0.2) is 0 Å². The molecule has 1 aromatic heterocycles. The van der Waals surface area contributed by atoms with Crippen LogP contribution in [-0.2, 0) is 6.42 Å². The molecule has 0 spiro atoms. The lowest BCUT2D eigenvalue weighted by atomic mass is 10.00. The lowest BCUT2D eigenvalue weighted by Crippen LogP contribution is -2.36. The van der Waals surface area contributed by atoms with Crippen LogP contribution in [0.1, 0.15) is 32.0 Å². The third-order valence-corrected chi connectivity index (χ3v) is 3.79. The molecule has 16 heavy (non-hydrogen) atoms. The van der Waals surface area contributed by atoms with Crippen LogP contribution in [0.4, 0.5) is 5.13 Å². The molecule has 0 bridgehead atoms. The van der Waals surface area contributed by atoms with Crippen molar-refractivity contribution in [2.45, 2.75) is 32.6 Å². The van der Waals surface area contributed by atoms with Crippen molar-refractivity contribution in [2.24, 2.45) is 5.92 Å². The van der Waals surface area contributed by atoms with Crippen molar-refractivity contribution in [3.05, 3.63) is 5.82 Å². The summed E-state index contributed by atoms with van der Waals surface area (Å²) in [6.45, 7) is 4.41. The number of aromatic nitrogens is 2. The average Bonchev–Trinajstić information content (AvgIpc) is 2.78. The molecule has 1 fully saturated rings. The molecule has 2 rings (SSSR count). The second kappa shape index (κ2) is 5.59. The zero-order valence-electron chi connectivity index (χ0n) is 9.72. The molecule has 1 aliphatic heterocycles. The van der Waals surface area contributed by atoms with E-state index in [9.17, 15) is 5.11 Å². The van der Waals surface area contributed by atoms with Crippen LogP contribution in [-0.4, -0.2) is 34.2 Å². The van der Waals surface area contributed by atoms with Gasteiger partial charge in [-0.05, 0) is 25.2 Å². The Hall–Kier alpha value is -0.680. The maximum atomic E-state index is 9.19. The number of anilines is 1. The van der Waals surface area contributed by atoms with Crippen molar-refractivity contribution in [3.63, 3.8) is 0 Å². The number of piperidine rings is 1. The van der Waals surface area contributed by atoms with E-state index in [1.54, 1.807) is 0 Å². The third-order valence-electron chi connectivity index (χ3n) is 2.98. The molecule has 0 aromatic carbocycles. The fourth-order valence-corrected chi connectivity index (χ4v) is 2.83. The normalized spacial score (nSPS) is 21.4. The van der Waals surface area contributed by atoms with E-state index < -0.39 is 0 Å². The lowest BCUT2D eigenvalue weighted by molar-refractivity contribution is 0.208. The summed E-state index contributed by atoms with van der Waals surface area (Å²) in [5.74, 6) is 1.38. The van der Waals surface area contributed by atoms with Gasteiger partial charge in [0.15, 0.2) is 0 Å². The van der Waals surface area contributed by atoms with E-state index >= 15 is 0 Å². The zero-order chi connectivity index (χ0) is 11.4. The smallest absolute Gasteiger partial charge is 0.205 e. The first-order chi connectivity index (χ1) is 7.83. The van der Waals surface area contributed by atoms with Gasteiger partial charge in [-0.2, -0.15) is 4.37 Å². The molecule has 1 atom stereocenters. The number of rotatable bonds is 4. The highest BCUT2D eigenvalue weighted by Crippen LogP contribution is 2.24. The Bertz CT molecular complexity index is 329. The van der Waals surface area contributed by atoms with E-state index in [-0.39, 0.29) is 6.61 Å². The number of nitrogens with zero attached hydrogens (tertiary/aromatic N) is 3. The molecule has 90 valence electrons. The Morgan fingerprint density at radius 3 is 3.19 bits per heavy atom. The Morgan fingerprint density at radius 1 is 1.56 bits per heavy atom. The van der Waals surface area contributed by atoms with E-state index in [0.29, 0.717) is 5.92 Å². The van der Waals surface area contributed by atoms with E-state index in [0.717, 1.165) is 49.7 Å². The van der Waals surface area contributed by atoms with Crippen molar-refractivity contribution in [1.29, 1.82) is 0 Å². The van der Waals surface area contributed by atoms with Crippen molar-refractivity contribution in [1.82, 2.24) is 9.36 Å². The molecule has 0 aliphatic carbocycles. The predicted octanol–water partition coefficient (Wildman–Crippen LogP) is 1.70. The SMILES string of the molecule is CCCc1nsc(N2CCCC(CO)C2)n1. The minimum atomic E-state index is 0.289. The van der Waals surface area contributed by atoms with Crippen LogP contribution >= 0.6 is 11.5 Å². The molecular formula is C11H19N3OS. The minimum absolute atomic E-state index is 0.289. The van der Waals surface area contributed by atoms with Gasteiger partial charge in [-0.15, -0.1) is 0 Å². The van der Waals surface area contributed by atoms with Gasteiger partial charge in [0, 0.05) is 37.6 Å². The largest absolute Gasteiger partial charge is 0.396 e. The topological polar surface area (TPSA) is 49.2 Å². The highest BCUT2D eigenvalue weighted by atomic mass is 32.1. The molecule has 1 aromatic rings. The molecule has 0 radical (unpaired) electrons. The molecule has 1 N–H and O–H groups in total. The quantitative estimate of drug-likeness (QED) is 0.871. The van der Waals surface area contributed by atoms with Crippen LogP contribution in [0.2, 0.25) is 0 Å². The van der Waals surface area contributed by atoms with Crippen LogP contribution in [0.3, 0.4) is 0 Å². The molecule has 0 saturated carbocycles. The predicted molar refractivity (Wildman–Crippen MR) is 65.9 cm³/mol. The molecule has 1 saturated heterocycles. The second-order valence-corrected chi connectivity index (χ2v) is 5.11. The molecular weight excluding hydrogens is 222 g/mol. The van der Waals surface area contributed by atoms with Gasteiger partial charge in [0.1, 0.15) is 5.82 Å². The van der Waals surface area contributed by atoms with Crippen LogP contribution in [0, 0.1) is 5.92 Å². The Morgan fingerprint density at radius 2 is 2.44 bits per heavy atom. The molecule has 2 heterocycles. The van der Waals surface area contributed by atoms with E-state index in [1.807, 2.05) is 0 Å². The van der Waals surface area contributed by atoms with Crippen LogP contribution in [0.5, 0.6) is 0 Å². The monoisotopic (exact) mass is 241 g/mol. The highest BCUT2D eigenvalue weighted by Gasteiger charge is 2.21. The average molecular weight is 241 g/mol. The summed E-state index contributed by atoms with van der Waals surface area (Å²) in [7, 11) is 0. The first-order valence-electron chi connectivity index (χ1n) is 6.02. The van der Waals surface area contributed by atoms with Crippen LogP contribution in [0.25, 0.3) is 0 Å². The summed E-state index contributed by atoms with van der Waals surface area (Å²) in [6, 6.07) is 0. The highest BCUT2D eigenvalue weighted by molar-refractivity contribution is 7.09. The molecule has 1 aliphatic rings. The minimum Gasteiger partial charge on any atom is -0.396 e. The summed E-state index contributed by atoms with van der Waals surface area (Å²) >= 11 is 1.49. The summed E-state index contributed by atoms with van der Waals surface area (Å²) in [5.41, 5.74) is 0. The fraction of sp³-hybridized carbons (Fsp3) is 0.818. The molecule has 4 nitrogen and oxygen atoms in total. The number of hydrogen-bond acceptors (Lipinski definition) is 5. The molecule has 0 amide bonds. The Balaban J connectivity index is 1.99. The van der Waals surface area contributed by atoms with Gasteiger partial charge in [-0.1, -0.05) is 6.92 Å². The van der Waals surface area contributed by atoms with Gasteiger partial charge in [0.05, 0.1) is 0 Å². The number of aliphatic hydroxyl groups excluding tert-OH is 1. The van der Waals surface area contributed by atoms with Crippen molar-refractivity contribution in [3.8, 4) is 0 Å². The van der Waals surface area contributed by atoms with E-state index in [1.165, 1.54) is 11.5 Å². The van der Waals surface area contributed by atoms with Crippen molar-refractivity contribution < 1.29 is 5.11 Å². The van der Waals surface area contributed by atoms with Crippen LogP contribution < -0.4 is 4.90 Å². The summed E-state index contributed by atoms with van der Waals surface area (Å²) in [4.78, 5) is 6.81. The summed E-state index contributed by atoms with van der Waals surface area (Å²) < 4.78 is 4.36. The standard InChI is InChI=1S/C11H19N3OS/c1-2-4-10-12-11(16-13-10)14-6-3-5-9(7-14)8-15/h9,15H,2-8H2,1H3. The maximum Gasteiger partial charge on any atom is 0.205 e. The Labute approximate surface area is 100 Å². The van der Waals surface area contributed by atoms with Crippen molar-refractivity contribution >= 4 is 16.7 Å². The first-order valence-corrected chi connectivity index (χ1v) is 6.79. The molecule has 5 heteroatoms. The second-order valence-electron chi connectivity index (χ2n) is 4.38. The Kier molecular flexibility index (Phi) is 4.12. The number of hydrogen-bond donors (Lipinski definition) is 1. The number of aryl methyl sites for hydroxylation is 1. The van der Waals surface area contributed by atoms with E-state index in [2.05, 4.69) is 21.2 Å². The zero-order valence-corrected chi connectivity index (χ0v) is 10.5. The van der Waals surface area contributed by atoms with E-state index in [4.69, 9.17) is 0 Å². The van der Waals surface area contributed by atoms with Gasteiger partial charge in [-0.3, -0.25) is 0 Å². The fourth-order valence-electron chi connectivity index (χ4n) is 2.09. The molecule has 1 unspecified atom stereocenters. The van der Waals surface area contributed by atoms with Gasteiger partial charge in [-0.25, -0.2) is 4.98 Å². The summed E-state index contributed by atoms with van der Waals surface area (Å²) in [6.07, 6.45) is 4.34. The van der Waals surface area contributed by atoms with Gasteiger partial charge in [0.25, 0.3) is 0 Å².